The van der Waals surface area contributed by atoms with Crippen molar-refractivity contribution in [2.75, 3.05) is 5.32 Å². The van der Waals surface area contributed by atoms with Crippen LogP contribution in [0.2, 0.25) is 5.02 Å². The minimum absolute atomic E-state index is 0.142. The van der Waals surface area contributed by atoms with E-state index in [4.69, 9.17) is 11.6 Å². The van der Waals surface area contributed by atoms with Crippen LogP contribution in [-0.4, -0.2) is 9.55 Å². The number of nitrogens with zero attached hydrogens (tertiary/aromatic N) is 2. The van der Waals surface area contributed by atoms with E-state index in [1.807, 2.05) is 24.4 Å². The van der Waals surface area contributed by atoms with Crippen LogP contribution in [0.5, 0.6) is 0 Å². The van der Waals surface area contributed by atoms with Gasteiger partial charge in [0.1, 0.15) is 0 Å². The molecule has 0 radical (unpaired) electrons. The summed E-state index contributed by atoms with van der Waals surface area (Å²) in [5, 5.41) is 4.31. The molecule has 1 aliphatic carbocycles. The van der Waals surface area contributed by atoms with E-state index in [-0.39, 0.29) is 6.04 Å². The Balaban J connectivity index is 1.76. The predicted molar refractivity (Wildman–Crippen MR) is 87.8 cm³/mol. The van der Waals surface area contributed by atoms with Crippen molar-refractivity contribution in [3.63, 3.8) is 0 Å². The van der Waals surface area contributed by atoms with E-state index in [1.54, 1.807) is 0 Å². The molecule has 3 rings (SSSR count). The largest absolute Gasteiger partial charge is 0.349 e. The molecule has 0 spiro atoms. The third-order valence-electron chi connectivity index (χ3n) is 4.35. The first-order chi connectivity index (χ1) is 10.3. The van der Waals surface area contributed by atoms with Crippen LogP contribution in [0.3, 0.4) is 0 Å². The van der Waals surface area contributed by atoms with E-state index in [0.717, 1.165) is 16.5 Å². The SMILES string of the molecule is CC(Nc1nccn1C1CCCCC1)c1ccccc1Cl. The zero-order chi connectivity index (χ0) is 14.7. The van der Waals surface area contributed by atoms with E-state index in [1.165, 1.54) is 32.1 Å². The van der Waals surface area contributed by atoms with Crippen LogP contribution in [0, 0.1) is 0 Å². The molecular formula is C17H22ClN3. The average Bonchev–Trinajstić information content (AvgIpc) is 2.96. The molecule has 1 fully saturated rings. The van der Waals surface area contributed by atoms with Gasteiger partial charge in [-0.2, -0.15) is 0 Å². The summed E-state index contributed by atoms with van der Waals surface area (Å²) in [6.07, 6.45) is 10.5. The topological polar surface area (TPSA) is 29.9 Å². The Hall–Kier alpha value is -1.48. The number of imidazole rings is 1. The number of nitrogens with one attached hydrogen (secondary N) is 1. The molecule has 0 bridgehead atoms. The van der Waals surface area contributed by atoms with Crippen LogP contribution in [-0.2, 0) is 0 Å². The molecule has 1 atom stereocenters. The number of benzene rings is 1. The van der Waals surface area contributed by atoms with Gasteiger partial charge in [-0.3, -0.25) is 0 Å². The number of rotatable bonds is 4. The van der Waals surface area contributed by atoms with Crippen molar-refractivity contribution < 1.29 is 0 Å². The van der Waals surface area contributed by atoms with Crippen molar-refractivity contribution in [3.05, 3.63) is 47.2 Å². The maximum Gasteiger partial charge on any atom is 0.203 e. The molecule has 1 unspecified atom stereocenters. The van der Waals surface area contributed by atoms with Gasteiger partial charge in [-0.15, -0.1) is 0 Å². The number of hydrogen-bond donors (Lipinski definition) is 1. The lowest BCUT2D eigenvalue weighted by Crippen LogP contribution is -2.17. The Kier molecular flexibility index (Phi) is 4.49. The summed E-state index contributed by atoms with van der Waals surface area (Å²) in [7, 11) is 0. The first-order valence-corrected chi connectivity index (χ1v) is 8.17. The van der Waals surface area contributed by atoms with Gasteiger partial charge in [-0.05, 0) is 31.4 Å². The number of anilines is 1. The zero-order valence-corrected chi connectivity index (χ0v) is 13.2. The fraction of sp³-hybridized carbons (Fsp3) is 0.471. The molecule has 1 N–H and O–H groups in total. The fourth-order valence-corrected chi connectivity index (χ4v) is 3.48. The highest BCUT2D eigenvalue weighted by Gasteiger charge is 2.19. The van der Waals surface area contributed by atoms with E-state index >= 15 is 0 Å². The van der Waals surface area contributed by atoms with Gasteiger partial charge in [-0.25, -0.2) is 4.98 Å². The molecule has 0 amide bonds. The normalized spacial score (nSPS) is 17.6. The fourth-order valence-electron chi connectivity index (χ4n) is 3.18. The van der Waals surface area contributed by atoms with Crippen molar-refractivity contribution >= 4 is 17.5 Å². The Morgan fingerprint density at radius 3 is 2.76 bits per heavy atom. The van der Waals surface area contributed by atoms with Gasteiger partial charge in [-0.1, -0.05) is 49.1 Å². The number of halogens is 1. The van der Waals surface area contributed by atoms with E-state index < -0.39 is 0 Å². The maximum atomic E-state index is 6.28. The summed E-state index contributed by atoms with van der Waals surface area (Å²) in [6.45, 7) is 2.13. The molecule has 1 heterocycles. The average molecular weight is 304 g/mol. The standard InChI is InChI=1S/C17H22ClN3/c1-13(15-9-5-6-10-16(15)18)20-17-19-11-12-21(17)14-7-3-2-4-8-14/h5-6,9-14H,2-4,7-8H2,1H3,(H,19,20). The van der Waals surface area contributed by atoms with E-state index in [0.29, 0.717) is 6.04 Å². The Morgan fingerprint density at radius 1 is 1.24 bits per heavy atom. The number of hydrogen-bond acceptors (Lipinski definition) is 2. The van der Waals surface area contributed by atoms with Crippen LogP contribution in [0.4, 0.5) is 5.95 Å². The molecule has 0 saturated heterocycles. The predicted octanol–water partition coefficient (Wildman–Crippen LogP) is 5.21. The third-order valence-corrected chi connectivity index (χ3v) is 4.70. The smallest absolute Gasteiger partial charge is 0.203 e. The first kappa shape index (κ1) is 14.5. The lowest BCUT2D eigenvalue weighted by atomic mass is 9.95. The van der Waals surface area contributed by atoms with Crippen molar-refractivity contribution in [1.82, 2.24) is 9.55 Å². The quantitative estimate of drug-likeness (QED) is 0.839. The Bertz CT molecular complexity index is 587. The van der Waals surface area contributed by atoms with Crippen LogP contribution >= 0.6 is 11.6 Å². The van der Waals surface area contributed by atoms with Gasteiger partial charge in [0.2, 0.25) is 5.95 Å². The lowest BCUT2D eigenvalue weighted by molar-refractivity contribution is 0.355. The summed E-state index contributed by atoms with van der Waals surface area (Å²) in [5.74, 6) is 0.953. The van der Waals surface area contributed by atoms with Gasteiger partial charge in [0, 0.05) is 23.5 Å². The molecule has 2 aromatic rings. The maximum absolute atomic E-state index is 6.28. The van der Waals surface area contributed by atoms with Crippen molar-refractivity contribution in [1.29, 1.82) is 0 Å². The Morgan fingerprint density at radius 2 is 2.00 bits per heavy atom. The monoisotopic (exact) mass is 303 g/mol. The van der Waals surface area contributed by atoms with E-state index in [2.05, 4.69) is 34.1 Å². The zero-order valence-electron chi connectivity index (χ0n) is 12.4. The van der Waals surface area contributed by atoms with Gasteiger partial charge in [0.15, 0.2) is 0 Å². The lowest BCUT2D eigenvalue weighted by Gasteiger charge is -2.26. The molecule has 1 aliphatic rings. The van der Waals surface area contributed by atoms with Gasteiger partial charge in [0.05, 0.1) is 6.04 Å². The molecule has 0 aliphatic heterocycles. The molecule has 1 saturated carbocycles. The molecule has 1 aromatic carbocycles. The highest BCUT2D eigenvalue weighted by Crippen LogP contribution is 2.32. The van der Waals surface area contributed by atoms with Crippen LogP contribution in [0.1, 0.15) is 56.7 Å². The molecule has 4 heteroatoms. The highest BCUT2D eigenvalue weighted by molar-refractivity contribution is 6.31. The third kappa shape index (κ3) is 3.24. The second-order valence-electron chi connectivity index (χ2n) is 5.84. The summed E-state index contributed by atoms with van der Waals surface area (Å²) in [4.78, 5) is 4.50. The van der Waals surface area contributed by atoms with E-state index in [9.17, 15) is 0 Å². The van der Waals surface area contributed by atoms with Crippen molar-refractivity contribution in [2.45, 2.75) is 51.1 Å². The molecule has 112 valence electrons. The minimum Gasteiger partial charge on any atom is -0.349 e. The molecule has 3 nitrogen and oxygen atoms in total. The summed E-state index contributed by atoms with van der Waals surface area (Å²) in [5.41, 5.74) is 1.11. The highest BCUT2D eigenvalue weighted by atomic mass is 35.5. The van der Waals surface area contributed by atoms with Gasteiger partial charge in [0.25, 0.3) is 0 Å². The molecule has 21 heavy (non-hydrogen) atoms. The molecule has 1 aromatic heterocycles. The number of aromatic nitrogens is 2. The van der Waals surface area contributed by atoms with Crippen LogP contribution in [0.15, 0.2) is 36.7 Å². The van der Waals surface area contributed by atoms with Crippen LogP contribution < -0.4 is 5.32 Å². The summed E-state index contributed by atoms with van der Waals surface area (Å²) in [6, 6.07) is 8.70. The molecular weight excluding hydrogens is 282 g/mol. The second-order valence-corrected chi connectivity index (χ2v) is 6.24. The summed E-state index contributed by atoms with van der Waals surface area (Å²) < 4.78 is 2.30. The first-order valence-electron chi connectivity index (χ1n) is 7.79. The summed E-state index contributed by atoms with van der Waals surface area (Å²) >= 11 is 6.28. The Labute approximate surface area is 131 Å². The van der Waals surface area contributed by atoms with Crippen molar-refractivity contribution in [2.24, 2.45) is 0 Å². The second kappa shape index (κ2) is 6.52. The minimum atomic E-state index is 0.142. The van der Waals surface area contributed by atoms with Crippen LogP contribution in [0.25, 0.3) is 0 Å². The van der Waals surface area contributed by atoms with Gasteiger partial charge < -0.3 is 9.88 Å². The van der Waals surface area contributed by atoms with Gasteiger partial charge >= 0.3 is 0 Å². The van der Waals surface area contributed by atoms with Crippen molar-refractivity contribution in [3.8, 4) is 0 Å².